The third-order valence-corrected chi connectivity index (χ3v) is 3.20. The first kappa shape index (κ1) is 10.2. The van der Waals surface area contributed by atoms with Gasteiger partial charge in [-0.2, -0.15) is 0 Å². The molecule has 1 radical (unpaired) electrons. The highest BCUT2D eigenvalue weighted by Gasteiger charge is 2.01. The van der Waals surface area contributed by atoms with E-state index >= 15 is 0 Å². The van der Waals surface area contributed by atoms with Crippen molar-refractivity contribution in [3.63, 3.8) is 0 Å². The van der Waals surface area contributed by atoms with E-state index in [0.29, 0.717) is 0 Å². The lowest BCUT2D eigenvalue weighted by molar-refractivity contribution is 0.855. The number of hydrogen-bond acceptors (Lipinski definition) is 2. The summed E-state index contributed by atoms with van der Waals surface area (Å²) in [7, 11) is 0. The third-order valence-electron chi connectivity index (χ3n) is 2.13. The van der Waals surface area contributed by atoms with Crippen LogP contribution < -0.4 is 5.32 Å². The topological polar surface area (TPSA) is 27.0 Å². The zero-order valence-electron chi connectivity index (χ0n) is 8.68. The van der Waals surface area contributed by atoms with Crippen LogP contribution >= 0.6 is 11.3 Å². The molecule has 0 unspecified atom stereocenters. The summed E-state index contributed by atoms with van der Waals surface area (Å²) in [5.41, 5.74) is 1.23. The molecular weight excluding hydrogens is 204 g/mol. The molecule has 0 fully saturated rings. The summed E-state index contributed by atoms with van der Waals surface area (Å²) in [6.45, 7) is 2.85. The van der Waals surface area contributed by atoms with Crippen molar-refractivity contribution in [3.05, 3.63) is 47.0 Å². The summed E-state index contributed by atoms with van der Waals surface area (Å²) < 4.78 is 0. The van der Waals surface area contributed by atoms with Crippen LogP contribution in [0.5, 0.6) is 0 Å². The van der Waals surface area contributed by atoms with Gasteiger partial charge in [0.2, 0.25) is 5.13 Å². The number of thiazole rings is 1. The van der Waals surface area contributed by atoms with Gasteiger partial charge in [-0.15, -0.1) is 11.3 Å². The van der Waals surface area contributed by atoms with Crippen molar-refractivity contribution in [1.82, 2.24) is 10.3 Å². The molecule has 2 rings (SSSR count). The summed E-state index contributed by atoms with van der Waals surface area (Å²) in [5.74, 6) is 0. The Balaban J connectivity index is 1.93. The second kappa shape index (κ2) is 4.94. The molecule has 15 heavy (non-hydrogen) atoms. The van der Waals surface area contributed by atoms with Crippen LogP contribution in [0.4, 0.5) is 5.13 Å². The lowest BCUT2D eigenvalue weighted by atomic mass is 10.2. The van der Waals surface area contributed by atoms with Crippen LogP contribution in [0, 0.1) is 0 Å². The van der Waals surface area contributed by atoms with Crippen LogP contribution in [-0.2, 0) is 13.0 Å². The maximum absolute atomic E-state index is 4.45. The second-order valence-corrected chi connectivity index (χ2v) is 4.36. The molecule has 0 spiro atoms. The lowest BCUT2D eigenvalue weighted by Gasteiger charge is -1.98. The maximum atomic E-state index is 4.45. The van der Waals surface area contributed by atoms with Crippen molar-refractivity contribution in [2.45, 2.75) is 19.9 Å². The van der Waals surface area contributed by atoms with Gasteiger partial charge in [0.25, 0.3) is 0 Å². The Labute approximate surface area is 94.0 Å². The fraction of sp³-hybridized carbons (Fsp3) is 0.250. The van der Waals surface area contributed by atoms with Crippen LogP contribution in [-0.4, -0.2) is 4.98 Å². The molecule has 0 saturated carbocycles. The fourth-order valence-electron chi connectivity index (χ4n) is 1.28. The highest BCUT2D eigenvalue weighted by molar-refractivity contribution is 7.15. The molecule has 0 aliphatic rings. The van der Waals surface area contributed by atoms with Gasteiger partial charge in [0.05, 0.1) is 6.54 Å². The predicted octanol–water partition coefficient (Wildman–Crippen LogP) is 3.14. The average molecular weight is 217 g/mol. The first-order chi connectivity index (χ1) is 7.38. The molecule has 0 atom stereocenters. The summed E-state index contributed by atoms with van der Waals surface area (Å²) in [6, 6.07) is 10.2. The van der Waals surface area contributed by atoms with Crippen LogP contribution in [0.25, 0.3) is 0 Å². The normalized spacial score (nSPS) is 10.2. The van der Waals surface area contributed by atoms with Gasteiger partial charge in [0, 0.05) is 11.1 Å². The van der Waals surface area contributed by atoms with Gasteiger partial charge in [-0.3, -0.25) is 5.32 Å². The smallest absolute Gasteiger partial charge is 0.204 e. The van der Waals surface area contributed by atoms with Crippen LogP contribution in [0.1, 0.15) is 17.4 Å². The Morgan fingerprint density at radius 1 is 1.27 bits per heavy atom. The third kappa shape index (κ3) is 2.80. The van der Waals surface area contributed by atoms with E-state index < -0.39 is 0 Å². The fourth-order valence-corrected chi connectivity index (χ4v) is 1.99. The highest BCUT2D eigenvalue weighted by atomic mass is 32.1. The van der Waals surface area contributed by atoms with Crippen molar-refractivity contribution in [2.24, 2.45) is 0 Å². The van der Waals surface area contributed by atoms with Crippen molar-refractivity contribution in [3.8, 4) is 0 Å². The quantitative estimate of drug-likeness (QED) is 0.773. The Morgan fingerprint density at radius 2 is 2.07 bits per heavy atom. The van der Waals surface area contributed by atoms with E-state index in [1.165, 1.54) is 10.4 Å². The number of rotatable bonds is 4. The van der Waals surface area contributed by atoms with E-state index in [0.717, 1.165) is 18.1 Å². The maximum Gasteiger partial charge on any atom is 0.204 e. The van der Waals surface area contributed by atoms with Gasteiger partial charge in [0.15, 0.2) is 0 Å². The zero-order valence-corrected chi connectivity index (χ0v) is 9.50. The van der Waals surface area contributed by atoms with Gasteiger partial charge in [-0.1, -0.05) is 37.3 Å². The first-order valence-electron chi connectivity index (χ1n) is 5.04. The van der Waals surface area contributed by atoms with Crippen molar-refractivity contribution in [1.29, 1.82) is 0 Å². The summed E-state index contributed by atoms with van der Waals surface area (Å²) in [4.78, 5) is 5.55. The number of benzene rings is 1. The Bertz CT molecular complexity index is 409. The Hall–Kier alpha value is -1.35. The van der Waals surface area contributed by atoms with Crippen molar-refractivity contribution < 1.29 is 0 Å². The molecule has 1 aromatic heterocycles. The molecule has 2 aromatic rings. The van der Waals surface area contributed by atoms with Crippen molar-refractivity contribution in [2.75, 3.05) is 0 Å². The Kier molecular flexibility index (Phi) is 3.35. The molecule has 77 valence electrons. The van der Waals surface area contributed by atoms with Crippen LogP contribution in [0.15, 0.2) is 36.5 Å². The highest BCUT2D eigenvalue weighted by Crippen LogP contribution is 2.19. The molecule has 0 amide bonds. The SMILES string of the molecule is CCc1cnc([N]Cc2ccccc2)s1. The summed E-state index contributed by atoms with van der Waals surface area (Å²) >= 11 is 1.67. The van der Waals surface area contributed by atoms with Crippen molar-refractivity contribution >= 4 is 16.5 Å². The predicted molar refractivity (Wildman–Crippen MR) is 63.4 cm³/mol. The molecule has 0 aliphatic carbocycles. The number of nitrogens with zero attached hydrogens (tertiary/aromatic N) is 2. The van der Waals surface area contributed by atoms with E-state index in [1.54, 1.807) is 11.3 Å². The minimum Gasteiger partial charge on any atom is -0.253 e. The van der Waals surface area contributed by atoms with E-state index in [2.05, 4.69) is 29.4 Å². The molecule has 1 heterocycles. The van der Waals surface area contributed by atoms with Gasteiger partial charge in [0.1, 0.15) is 0 Å². The van der Waals surface area contributed by atoms with Crippen LogP contribution in [0.3, 0.4) is 0 Å². The van der Waals surface area contributed by atoms with Gasteiger partial charge >= 0.3 is 0 Å². The first-order valence-corrected chi connectivity index (χ1v) is 5.86. The molecule has 0 N–H and O–H groups in total. The molecule has 2 nitrogen and oxygen atoms in total. The monoisotopic (exact) mass is 217 g/mol. The minimum absolute atomic E-state index is 0.720. The number of aromatic nitrogens is 1. The van der Waals surface area contributed by atoms with Gasteiger partial charge in [-0.05, 0) is 12.0 Å². The molecule has 0 saturated heterocycles. The largest absolute Gasteiger partial charge is 0.253 e. The average Bonchev–Trinajstić information content (AvgIpc) is 2.76. The molecule has 3 heteroatoms. The molecular formula is C12H13N2S. The molecule has 0 bridgehead atoms. The summed E-state index contributed by atoms with van der Waals surface area (Å²) in [6.07, 6.45) is 2.95. The van der Waals surface area contributed by atoms with Gasteiger partial charge < -0.3 is 0 Å². The number of hydrogen-bond donors (Lipinski definition) is 0. The molecule has 1 aromatic carbocycles. The second-order valence-electron chi connectivity index (χ2n) is 3.26. The van der Waals surface area contributed by atoms with E-state index in [1.807, 2.05) is 24.4 Å². The van der Waals surface area contributed by atoms with E-state index in [4.69, 9.17) is 0 Å². The van der Waals surface area contributed by atoms with Crippen LogP contribution in [0.2, 0.25) is 0 Å². The number of aryl methyl sites for hydroxylation is 1. The molecule has 0 aliphatic heterocycles. The van der Waals surface area contributed by atoms with E-state index in [-0.39, 0.29) is 0 Å². The lowest BCUT2D eigenvalue weighted by Crippen LogP contribution is -1.96. The van der Waals surface area contributed by atoms with Gasteiger partial charge in [-0.25, -0.2) is 4.98 Å². The minimum atomic E-state index is 0.720. The van der Waals surface area contributed by atoms with E-state index in [9.17, 15) is 0 Å². The standard InChI is InChI=1S/C12H13N2S/c1-2-11-9-14-12(15-11)13-8-10-6-4-3-5-7-10/h3-7,9H,2,8H2,1H3. The summed E-state index contributed by atoms with van der Waals surface area (Å²) in [5, 5.41) is 5.34. The Morgan fingerprint density at radius 3 is 2.73 bits per heavy atom. The zero-order chi connectivity index (χ0) is 10.5.